The summed E-state index contributed by atoms with van der Waals surface area (Å²) in [5, 5.41) is 0. The van der Waals surface area contributed by atoms with Gasteiger partial charge in [-0.15, -0.1) is 0 Å². The summed E-state index contributed by atoms with van der Waals surface area (Å²) in [4.78, 5) is 25.9. The molecule has 0 radical (unpaired) electrons. The molecular formula is C16H27NO3. The molecule has 1 unspecified atom stereocenters. The predicted molar refractivity (Wildman–Crippen MR) is 77.2 cm³/mol. The number of carbonyl (C=O) groups excluding carboxylic acids is 2. The number of hydrogen-bond acceptors (Lipinski definition) is 3. The second-order valence-corrected chi connectivity index (χ2v) is 6.04. The highest BCUT2D eigenvalue weighted by Gasteiger charge is 2.34. The molecule has 1 saturated carbocycles. The summed E-state index contributed by atoms with van der Waals surface area (Å²) in [6.45, 7) is 2.91. The first kappa shape index (κ1) is 15.3. The summed E-state index contributed by atoms with van der Waals surface area (Å²) < 4.78 is 5.07. The number of hydrogen-bond donors (Lipinski definition) is 0. The molecule has 1 aliphatic carbocycles. The molecule has 1 aliphatic heterocycles. The molecule has 2 rings (SSSR count). The van der Waals surface area contributed by atoms with E-state index in [1.165, 1.54) is 32.1 Å². The zero-order valence-electron chi connectivity index (χ0n) is 12.6. The quantitative estimate of drug-likeness (QED) is 0.728. The van der Waals surface area contributed by atoms with E-state index in [1.54, 1.807) is 4.90 Å². The largest absolute Gasteiger partial charge is 0.464 e. The van der Waals surface area contributed by atoms with Gasteiger partial charge in [0.25, 0.3) is 0 Å². The minimum atomic E-state index is -0.325. The first-order chi connectivity index (χ1) is 9.72. The van der Waals surface area contributed by atoms with Crippen molar-refractivity contribution in [2.75, 3.05) is 13.2 Å². The van der Waals surface area contributed by atoms with Gasteiger partial charge in [-0.2, -0.15) is 0 Å². The maximum absolute atomic E-state index is 12.3. The molecule has 4 nitrogen and oxygen atoms in total. The molecule has 1 amide bonds. The topological polar surface area (TPSA) is 46.6 Å². The van der Waals surface area contributed by atoms with Crippen molar-refractivity contribution in [2.24, 2.45) is 5.92 Å². The van der Waals surface area contributed by atoms with Crippen LogP contribution in [0, 0.1) is 5.92 Å². The summed E-state index contributed by atoms with van der Waals surface area (Å²) in [5.41, 5.74) is 0. The predicted octanol–water partition coefficient (Wildman–Crippen LogP) is 2.90. The van der Waals surface area contributed by atoms with Crippen molar-refractivity contribution in [3.63, 3.8) is 0 Å². The second kappa shape index (κ2) is 7.65. The van der Waals surface area contributed by atoms with Gasteiger partial charge in [0.1, 0.15) is 6.04 Å². The van der Waals surface area contributed by atoms with Crippen LogP contribution in [-0.2, 0) is 14.3 Å². The van der Waals surface area contributed by atoms with Crippen LogP contribution in [0.25, 0.3) is 0 Å². The maximum atomic E-state index is 12.3. The third-order valence-corrected chi connectivity index (χ3v) is 4.62. The van der Waals surface area contributed by atoms with Gasteiger partial charge in [-0.25, -0.2) is 4.79 Å². The lowest BCUT2D eigenvalue weighted by Gasteiger charge is -2.25. The molecule has 114 valence electrons. The van der Waals surface area contributed by atoms with Gasteiger partial charge in [0.05, 0.1) is 6.61 Å². The molecule has 20 heavy (non-hydrogen) atoms. The first-order valence-electron chi connectivity index (χ1n) is 8.18. The molecule has 2 fully saturated rings. The maximum Gasteiger partial charge on any atom is 0.328 e. The van der Waals surface area contributed by atoms with Crippen molar-refractivity contribution in [3.8, 4) is 0 Å². The van der Waals surface area contributed by atoms with E-state index in [-0.39, 0.29) is 17.9 Å². The number of likely N-dealkylation sites (tertiary alicyclic amines) is 1. The number of esters is 1. The van der Waals surface area contributed by atoms with Gasteiger partial charge >= 0.3 is 5.97 Å². The zero-order chi connectivity index (χ0) is 14.4. The van der Waals surface area contributed by atoms with Crippen molar-refractivity contribution < 1.29 is 14.3 Å². The Bertz CT molecular complexity index is 337. The highest BCUT2D eigenvalue weighted by atomic mass is 16.5. The smallest absolute Gasteiger partial charge is 0.328 e. The monoisotopic (exact) mass is 281 g/mol. The fraction of sp³-hybridized carbons (Fsp3) is 0.875. The molecule has 1 atom stereocenters. The van der Waals surface area contributed by atoms with Crippen molar-refractivity contribution in [3.05, 3.63) is 0 Å². The molecule has 0 aromatic rings. The number of amides is 1. The number of rotatable bonds is 5. The Kier molecular flexibility index (Phi) is 5.86. The Labute approximate surface area is 121 Å². The first-order valence-corrected chi connectivity index (χ1v) is 8.18. The minimum Gasteiger partial charge on any atom is -0.464 e. The fourth-order valence-corrected chi connectivity index (χ4v) is 3.50. The van der Waals surface area contributed by atoms with E-state index in [4.69, 9.17) is 4.74 Å². The highest BCUT2D eigenvalue weighted by Crippen LogP contribution is 2.28. The van der Waals surface area contributed by atoms with Crippen LogP contribution in [-0.4, -0.2) is 36.0 Å². The Hall–Kier alpha value is -1.06. The van der Waals surface area contributed by atoms with Crippen molar-refractivity contribution in [1.29, 1.82) is 0 Å². The van der Waals surface area contributed by atoms with Crippen LogP contribution in [0.4, 0.5) is 0 Å². The van der Waals surface area contributed by atoms with E-state index in [1.807, 2.05) is 6.92 Å². The van der Waals surface area contributed by atoms with Gasteiger partial charge in [-0.3, -0.25) is 4.79 Å². The van der Waals surface area contributed by atoms with Crippen LogP contribution in [0.1, 0.15) is 64.7 Å². The molecule has 0 aromatic heterocycles. The van der Waals surface area contributed by atoms with Gasteiger partial charge in [0.2, 0.25) is 5.91 Å². The lowest BCUT2D eigenvalue weighted by Crippen LogP contribution is -2.41. The van der Waals surface area contributed by atoms with E-state index in [0.717, 1.165) is 25.2 Å². The molecule has 2 aliphatic rings. The highest BCUT2D eigenvalue weighted by molar-refractivity contribution is 5.85. The fourth-order valence-electron chi connectivity index (χ4n) is 3.50. The normalized spacial score (nSPS) is 23.9. The SMILES string of the molecule is CCOC(=O)C1CCCN1C(=O)CCC1CCCCC1. The van der Waals surface area contributed by atoms with E-state index < -0.39 is 0 Å². The molecule has 4 heteroatoms. The summed E-state index contributed by atoms with van der Waals surface area (Å²) in [6.07, 6.45) is 9.78. The number of carbonyl (C=O) groups is 2. The van der Waals surface area contributed by atoms with Crippen molar-refractivity contribution in [1.82, 2.24) is 4.90 Å². The van der Waals surface area contributed by atoms with E-state index >= 15 is 0 Å². The summed E-state index contributed by atoms with van der Waals surface area (Å²) in [6, 6.07) is -0.325. The Morgan fingerprint density at radius 3 is 2.55 bits per heavy atom. The summed E-state index contributed by atoms with van der Waals surface area (Å²) in [5.74, 6) is 0.637. The van der Waals surface area contributed by atoms with Gasteiger partial charge in [-0.1, -0.05) is 32.1 Å². The van der Waals surface area contributed by atoms with E-state index in [2.05, 4.69) is 0 Å². The van der Waals surface area contributed by atoms with Crippen LogP contribution in [0.2, 0.25) is 0 Å². The summed E-state index contributed by atoms with van der Waals surface area (Å²) in [7, 11) is 0. The standard InChI is InChI=1S/C16H27NO3/c1-2-20-16(19)14-9-6-12-17(14)15(18)11-10-13-7-4-3-5-8-13/h13-14H,2-12H2,1H3. The average molecular weight is 281 g/mol. The molecule has 1 heterocycles. The number of nitrogens with zero attached hydrogens (tertiary/aromatic N) is 1. The molecule has 0 aromatic carbocycles. The molecule has 0 N–H and O–H groups in total. The Morgan fingerprint density at radius 2 is 1.85 bits per heavy atom. The van der Waals surface area contributed by atoms with Crippen LogP contribution < -0.4 is 0 Å². The average Bonchev–Trinajstić information content (AvgIpc) is 2.96. The van der Waals surface area contributed by atoms with Gasteiger partial charge in [0.15, 0.2) is 0 Å². The van der Waals surface area contributed by atoms with E-state index in [9.17, 15) is 9.59 Å². The third kappa shape index (κ3) is 3.97. The Balaban J connectivity index is 1.79. The van der Waals surface area contributed by atoms with Crippen LogP contribution in [0.3, 0.4) is 0 Å². The van der Waals surface area contributed by atoms with Crippen molar-refractivity contribution >= 4 is 11.9 Å². The van der Waals surface area contributed by atoms with E-state index in [0.29, 0.717) is 19.6 Å². The molecule has 1 saturated heterocycles. The minimum absolute atomic E-state index is 0.145. The van der Waals surface area contributed by atoms with Crippen LogP contribution in [0.15, 0.2) is 0 Å². The van der Waals surface area contributed by atoms with Crippen LogP contribution in [0.5, 0.6) is 0 Å². The van der Waals surface area contributed by atoms with Gasteiger partial charge in [0, 0.05) is 13.0 Å². The molecule has 0 bridgehead atoms. The number of ether oxygens (including phenoxy) is 1. The van der Waals surface area contributed by atoms with Crippen LogP contribution >= 0.6 is 0 Å². The van der Waals surface area contributed by atoms with Gasteiger partial charge < -0.3 is 9.64 Å². The van der Waals surface area contributed by atoms with Gasteiger partial charge in [-0.05, 0) is 32.1 Å². The lowest BCUT2D eigenvalue weighted by atomic mass is 9.86. The molecule has 0 spiro atoms. The lowest BCUT2D eigenvalue weighted by molar-refractivity contribution is -0.153. The Morgan fingerprint density at radius 1 is 1.10 bits per heavy atom. The zero-order valence-corrected chi connectivity index (χ0v) is 12.6. The summed E-state index contributed by atoms with van der Waals surface area (Å²) >= 11 is 0. The second-order valence-electron chi connectivity index (χ2n) is 6.04. The van der Waals surface area contributed by atoms with Crippen molar-refractivity contribution in [2.45, 2.75) is 70.8 Å². The molecular weight excluding hydrogens is 254 g/mol. The third-order valence-electron chi connectivity index (χ3n) is 4.62.